The van der Waals surface area contributed by atoms with Crippen molar-refractivity contribution < 1.29 is 18.0 Å². The molecular weight excluding hydrogens is 605 g/mol. The summed E-state index contributed by atoms with van der Waals surface area (Å²) in [7, 11) is -3.74. The quantitative estimate of drug-likeness (QED) is 0.190. The number of halogens is 2. The highest BCUT2D eigenvalue weighted by molar-refractivity contribution is 7.93. The molecule has 0 fully saturated rings. The number of amides is 2. The van der Waals surface area contributed by atoms with E-state index < -0.39 is 16.1 Å². The van der Waals surface area contributed by atoms with Gasteiger partial charge in [0.2, 0.25) is 11.8 Å². The van der Waals surface area contributed by atoms with Crippen molar-refractivity contribution in [3.8, 4) is 0 Å². The molecule has 0 spiro atoms. The number of rotatable bonds is 12. The Morgan fingerprint density at radius 1 is 0.953 bits per heavy atom. The summed E-state index contributed by atoms with van der Waals surface area (Å²) in [6, 6.07) is 24.6. The van der Waals surface area contributed by atoms with Crippen molar-refractivity contribution in [2.45, 2.75) is 50.1 Å². The predicted octanol–water partition coefficient (Wildman–Crippen LogP) is 6.60. The minimum absolute atomic E-state index is 0.0376. The highest BCUT2D eigenvalue weighted by Crippen LogP contribution is 2.42. The van der Waals surface area contributed by atoms with Crippen LogP contribution in [0.5, 0.6) is 0 Å². The summed E-state index contributed by atoms with van der Waals surface area (Å²) in [5.74, 6) is -0.528. The van der Waals surface area contributed by atoms with Gasteiger partial charge in [0.25, 0.3) is 10.0 Å². The molecule has 43 heavy (non-hydrogen) atoms. The van der Waals surface area contributed by atoms with Crippen molar-refractivity contribution in [1.82, 2.24) is 10.2 Å². The lowest BCUT2D eigenvalue weighted by Gasteiger charge is -2.32. The average molecular weight is 639 g/mol. The fourth-order valence-corrected chi connectivity index (χ4v) is 7.69. The first-order valence-corrected chi connectivity index (χ1v) is 16.5. The molecule has 1 atom stereocenters. The van der Waals surface area contributed by atoms with Gasteiger partial charge in [-0.2, -0.15) is 0 Å². The van der Waals surface area contributed by atoms with E-state index in [0.29, 0.717) is 39.6 Å². The Bertz CT molecular complexity index is 1740. The number of benzene rings is 4. The van der Waals surface area contributed by atoms with E-state index in [9.17, 15) is 18.0 Å². The molecule has 7 nitrogen and oxygen atoms in total. The fraction of sp³-hybridized carbons (Fsp3) is 0.273. The van der Waals surface area contributed by atoms with Gasteiger partial charge in [-0.25, -0.2) is 8.42 Å². The number of nitrogens with zero attached hydrogens (tertiary/aromatic N) is 2. The van der Waals surface area contributed by atoms with Crippen LogP contribution in [0.25, 0.3) is 10.8 Å². The molecule has 0 aromatic heterocycles. The molecular formula is C33H33Cl2N3O4S. The smallest absolute Gasteiger partial charge is 0.265 e. The monoisotopic (exact) mass is 637 g/mol. The summed E-state index contributed by atoms with van der Waals surface area (Å²) >= 11 is 12.6. The molecule has 0 radical (unpaired) electrons. The number of hydrogen-bond donors (Lipinski definition) is 1. The third kappa shape index (κ3) is 6.66. The topological polar surface area (TPSA) is 86.8 Å². The first-order chi connectivity index (χ1) is 20.7. The van der Waals surface area contributed by atoms with E-state index in [0.717, 1.165) is 17.4 Å². The maximum absolute atomic E-state index is 14.0. The van der Waals surface area contributed by atoms with Gasteiger partial charge in [0, 0.05) is 47.9 Å². The number of hydrogen-bond acceptors (Lipinski definition) is 4. The van der Waals surface area contributed by atoms with Crippen molar-refractivity contribution >= 4 is 61.5 Å². The van der Waals surface area contributed by atoms with Gasteiger partial charge in [-0.05, 0) is 53.6 Å². The molecule has 0 aliphatic carbocycles. The Balaban J connectivity index is 1.41. The van der Waals surface area contributed by atoms with Crippen LogP contribution in [0.15, 0.2) is 89.8 Å². The largest absolute Gasteiger partial charge is 0.354 e. The van der Waals surface area contributed by atoms with E-state index in [1.54, 1.807) is 41.3 Å². The first-order valence-electron chi connectivity index (χ1n) is 14.3. The maximum Gasteiger partial charge on any atom is 0.265 e. The molecule has 1 aliphatic heterocycles. The number of sulfonamides is 1. The minimum Gasteiger partial charge on any atom is -0.354 e. The Kier molecular flexibility index (Phi) is 9.59. The average Bonchev–Trinajstić information content (AvgIpc) is 3.22. The van der Waals surface area contributed by atoms with E-state index in [1.165, 1.54) is 4.31 Å². The summed E-state index contributed by atoms with van der Waals surface area (Å²) in [4.78, 5) is 29.4. The van der Waals surface area contributed by atoms with Crippen LogP contribution >= 0.6 is 23.2 Å². The molecule has 0 saturated heterocycles. The van der Waals surface area contributed by atoms with Crippen molar-refractivity contribution in [3.63, 3.8) is 0 Å². The van der Waals surface area contributed by atoms with Crippen molar-refractivity contribution in [1.29, 1.82) is 0 Å². The van der Waals surface area contributed by atoms with Crippen LogP contribution in [0, 0.1) is 0 Å². The maximum atomic E-state index is 14.0. The van der Waals surface area contributed by atoms with Crippen LogP contribution in [-0.4, -0.2) is 44.3 Å². The molecule has 4 aromatic rings. The van der Waals surface area contributed by atoms with Crippen LogP contribution < -0.4 is 9.62 Å². The summed E-state index contributed by atoms with van der Waals surface area (Å²) in [6.07, 6.45) is 1.36. The third-order valence-electron chi connectivity index (χ3n) is 7.61. The molecule has 0 saturated carbocycles. The molecule has 5 rings (SSSR count). The number of anilines is 1. The zero-order chi connectivity index (χ0) is 30.6. The molecule has 10 heteroatoms. The summed E-state index contributed by atoms with van der Waals surface area (Å²) in [5.41, 5.74) is 2.18. The molecule has 1 unspecified atom stereocenters. The second-order valence-electron chi connectivity index (χ2n) is 10.6. The van der Waals surface area contributed by atoms with E-state index in [2.05, 4.69) is 5.32 Å². The Morgan fingerprint density at radius 2 is 1.70 bits per heavy atom. The third-order valence-corrected chi connectivity index (χ3v) is 10.1. The van der Waals surface area contributed by atoms with Gasteiger partial charge in [0.15, 0.2) is 0 Å². The zero-order valence-corrected chi connectivity index (χ0v) is 26.1. The molecule has 224 valence electrons. The zero-order valence-electron chi connectivity index (χ0n) is 23.8. The molecule has 1 N–H and O–H groups in total. The van der Waals surface area contributed by atoms with Crippen LogP contribution in [-0.2, 0) is 32.6 Å². The number of carbonyl (C=O) groups is 2. The Morgan fingerprint density at radius 3 is 2.42 bits per heavy atom. The van der Waals surface area contributed by atoms with Crippen LogP contribution in [0.2, 0.25) is 10.0 Å². The van der Waals surface area contributed by atoms with Crippen LogP contribution in [0.4, 0.5) is 5.69 Å². The first kappa shape index (κ1) is 30.9. The summed E-state index contributed by atoms with van der Waals surface area (Å²) in [5, 5.41) is 5.37. The van der Waals surface area contributed by atoms with Gasteiger partial charge < -0.3 is 10.2 Å². The second-order valence-corrected chi connectivity index (χ2v) is 13.2. The van der Waals surface area contributed by atoms with Gasteiger partial charge in [-0.3, -0.25) is 13.9 Å². The Labute approximate surface area is 262 Å². The lowest BCUT2D eigenvalue weighted by molar-refractivity contribution is -0.141. The lowest BCUT2D eigenvalue weighted by atomic mass is 10.0. The normalized spacial score (nSPS) is 14.1. The van der Waals surface area contributed by atoms with Crippen molar-refractivity contribution in [2.24, 2.45) is 0 Å². The minimum atomic E-state index is -3.74. The fourth-order valence-electron chi connectivity index (χ4n) is 5.47. The predicted molar refractivity (Wildman–Crippen MR) is 172 cm³/mol. The standard InChI is InChI=1S/C33H33Cl2N3O4S/c1-2-18-36-33(40)29(20-23-9-4-3-5-10-23)37(22-25-16-17-26(34)21-27(25)35)31(39)15-8-19-38-28-13-6-11-24-12-7-14-30(32(24)28)43(38,41)42/h3-7,9-14,16-17,21,29H,2,8,15,18-20,22H2,1H3,(H,36,40). The van der Waals surface area contributed by atoms with E-state index in [-0.39, 0.29) is 42.6 Å². The molecule has 2 amide bonds. The lowest BCUT2D eigenvalue weighted by Crippen LogP contribution is -2.50. The highest BCUT2D eigenvalue weighted by atomic mass is 35.5. The molecule has 4 aromatic carbocycles. The summed E-state index contributed by atoms with van der Waals surface area (Å²) < 4.78 is 28.3. The van der Waals surface area contributed by atoms with E-state index in [1.807, 2.05) is 55.5 Å². The van der Waals surface area contributed by atoms with Crippen molar-refractivity contribution in [2.75, 3.05) is 17.4 Å². The van der Waals surface area contributed by atoms with E-state index >= 15 is 0 Å². The van der Waals surface area contributed by atoms with Crippen LogP contribution in [0.3, 0.4) is 0 Å². The number of carbonyl (C=O) groups excluding carboxylic acids is 2. The number of nitrogens with one attached hydrogen (secondary N) is 1. The SMILES string of the molecule is CCCNC(=O)C(Cc1ccccc1)N(Cc1ccc(Cl)cc1Cl)C(=O)CCCN1c2cccc3cccc(c23)S1(=O)=O. The summed E-state index contributed by atoms with van der Waals surface area (Å²) in [6.45, 7) is 2.67. The van der Waals surface area contributed by atoms with Gasteiger partial charge in [0.05, 0.1) is 10.6 Å². The van der Waals surface area contributed by atoms with Gasteiger partial charge >= 0.3 is 0 Å². The molecule has 1 heterocycles. The molecule has 1 aliphatic rings. The van der Waals surface area contributed by atoms with Gasteiger partial charge in [-0.15, -0.1) is 0 Å². The van der Waals surface area contributed by atoms with Crippen molar-refractivity contribution in [3.05, 3.63) is 106 Å². The second kappa shape index (κ2) is 13.4. The van der Waals surface area contributed by atoms with Gasteiger partial charge in [0.1, 0.15) is 6.04 Å². The van der Waals surface area contributed by atoms with E-state index in [4.69, 9.17) is 23.2 Å². The van der Waals surface area contributed by atoms with Gasteiger partial charge in [-0.1, -0.05) is 90.8 Å². The highest BCUT2D eigenvalue weighted by Gasteiger charge is 2.36. The Hall–Kier alpha value is -3.59. The molecule has 0 bridgehead atoms. The van der Waals surface area contributed by atoms with Crippen LogP contribution in [0.1, 0.15) is 37.3 Å².